The smallest absolute Gasteiger partial charge is 0.198 e. The Bertz CT molecular complexity index is 54.0. The number of nitrogens with two attached hydrogens (primary N) is 1. The van der Waals surface area contributed by atoms with Crippen molar-refractivity contribution in [2.75, 3.05) is 6.54 Å². The Kier molecular flexibility index (Phi) is 3.61. The summed E-state index contributed by atoms with van der Waals surface area (Å²) in [6.07, 6.45) is 2.26. The summed E-state index contributed by atoms with van der Waals surface area (Å²) < 4.78 is 0. The molecule has 0 aliphatic rings. The third-order valence-electron chi connectivity index (χ3n) is 0.834. The van der Waals surface area contributed by atoms with Crippen molar-refractivity contribution in [3.8, 4) is 0 Å². The molecular formula is C5H10NO. The summed E-state index contributed by atoms with van der Waals surface area (Å²) in [5, 5.41) is 0. The maximum absolute atomic E-state index is 9.59. The van der Waals surface area contributed by atoms with Crippen LogP contribution in [0.3, 0.4) is 0 Å². The second-order valence-electron chi connectivity index (χ2n) is 1.69. The van der Waals surface area contributed by atoms with Gasteiger partial charge in [-0.25, -0.2) is 0 Å². The Balaban J connectivity index is 2.98. The molecule has 1 unspecified atom stereocenters. The zero-order valence-corrected chi connectivity index (χ0v) is 4.48. The van der Waals surface area contributed by atoms with Gasteiger partial charge in [0.25, 0.3) is 0 Å². The van der Waals surface area contributed by atoms with E-state index in [1.54, 1.807) is 6.29 Å². The summed E-state index contributed by atoms with van der Waals surface area (Å²) >= 11 is 0. The van der Waals surface area contributed by atoms with Crippen LogP contribution in [0.4, 0.5) is 0 Å². The van der Waals surface area contributed by atoms with Gasteiger partial charge in [-0.05, 0) is 12.5 Å². The van der Waals surface area contributed by atoms with Gasteiger partial charge in [0, 0.05) is 6.42 Å². The van der Waals surface area contributed by atoms with E-state index in [-0.39, 0.29) is 0 Å². The van der Waals surface area contributed by atoms with Crippen molar-refractivity contribution in [3.63, 3.8) is 0 Å². The van der Waals surface area contributed by atoms with Gasteiger partial charge in [-0.1, -0.05) is 6.92 Å². The summed E-state index contributed by atoms with van der Waals surface area (Å²) in [6.45, 7) is 2.50. The number of carbonyl (C=O) groups excluding carboxylic acids is 1. The Morgan fingerprint density at radius 2 is 2.43 bits per heavy atom. The van der Waals surface area contributed by atoms with Crippen molar-refractivity contribution in [2.24, 2.45) is 11.7 Å². The van der Waals surface area contributed by atoms with E-state index in [2.05, 4.69) is 0 Å². The van der Waals surface area contributed by atoms with Crippen molar-refractivity contribution in [2.45, 2.75) is 13.3 Å². The molecule has 2 nitrogen and oxygen atoms in total. The van der Waals surface area contributed by atoms with E-state index < -0.39 is 0 Å². The molecule has 0 aromatic rings. The molecule has 0 bridgehead atoms. The van der Waals surface area contributed by atoms with Gasteiger partial charge in [-0.15, -0.1) is 0 Å². The first-order valence-corrected chi connectivity index (χ1v) is 2.36. The molecule has 0 fully saturated rings. The summed E-state index contributed by atoms with van der Waals surface area (Å²) in [5.74, 6) is 0.303. The van der Waals surface area contributed by atoms with E-state index in [1.165, 1.54) is 0 Å². The molecule has 1 radical (unpaired) electrons. The highest BCUT2D eigenvalue weighted by molar-refractivity contribution is 5.50. The first-order chi connectivity index (χ1) is 3.31. The molecule has 1 atom stereocenters. The number of hydrogen-bond donors (Lipinski definition) is 1. The highest BCUT2D eigenvalue weighted by Crippen LogP contribution is 1.92. The minimum atomic E-state index is 0.303. The van der Waals surface area contributed by atoms with Crippen LogP contribution in [0.1, 0.15) is 13.3 Å². The van der Waals surface area contributed by atoms with E-state index in [4.69, 9.17) is 5.73 Å². The van der Waals surface area contributed by atoms with Gasteiger partial charge in [0.1, 0.15) is 0 Å². The second-order valence-corrected chi connectivity index (χ2v) is 1.69. The second kappa shape index (κ2) is 3.81. The Hall–Kier alpha value is -0.370. The van der Waals surface area contributed by atoms with E-state index in [0.717, 1.165) is 0 Å². The van der Waals surface area contributed by atoms with Gasteiger partial charge in [-0.2, -0.15) is 0 Å². The molecule has 0 aliphatic heterocycles. The van der Waals surface area contributed by atoms with E-state index in [0.29, 0.717) is 18.9 Å². The van der Waals surface area contributed by atoms with Crippen LogP contribution in [-0.4, -0.2) is 12.8 Å². The largest absolute Gasteiger partial charge is 0.330 e. The molecule has 0 aromatic carbocycles. The lowest BCUT2D eigenvalue weighted by Gasteiger charge is -1.97. The first kappa shape index (κ1) is 6.63. The standard InChI is InChI=1S/C5H10NO/c1-5(4-6)2-3-7/h5H,2,4,6H2,1H3. The molecule has 7 heavy (non-hydrogen) atoms. The van der Waals surface area contributed by atoms with Crippen LogP contribution < -0.4 is 5.73 Å². The molecule has 2 heteroatoms. The van der Waals surface area contributed by atoms with Gasteiger partial charge in [0.2, 0.25) is 0 Å². The average Bonchev–Trinajstić information content (AvgIpc) is 1.68. The van der Waals surface area contributed by atoms with Crippen molar-refractivity contribution < 1.29 is 4.79 Å². The first-order valence-electron chi connectivity index (χ1n) is 2.36. The third-order valence-corrected chi connectivity index (χ3v) is 0.834. The zero-order valence-electron chi connectivity index (χ0n) is 4.48. The average molecular weight is 100 g/mol. The molecule has 0 aliphatic carbocycles. The fourth-order valence-corrected chi connectivity index (χ4v) is 0.226. The van der Waals surface area contributed by atoms with Crippen LogP contribution in [0.2, 0.25) is 0 Å². The highest BCUT2D eigenvalue weighted by Gasteiger charge is 1.94. The molecule has 0 amide bonds. The minimum Gasteiger partial charge on any atom is -0.330 e. The summed E-state index contributed by atoms with van der Waals surface area (Å²) in [4.78, 5) is 9.59. The van der Waals surface area contributed by atoms with Crippen LogP contribution in [0.25, 0.3) is 0 Å². The number of hydrogen-bond acceptors (Lipinski definition) is 2. The van der Waals surface area contributed by atoms with Crippen LogP contribution in [0.15, 0.2) is 0 Å². The summed E-state index contributed by atoms with van der Waals surface area (Å²) in [6, 6.07) is 0. The van der Waals surface area contributed by atoms with Crippen LogP contribution >= 0.6 is 0 Å². The molecule has 0 heterocycles. The van der Waals surface area contributed by atoms with Crippen LogP contribution in [-0.2, 0) is 4.79 Å². The van der Waals surface area contributed by atoms with Crippen molar-refractivity contribution in [1.82, 2.24) is 0 Å². The van der Waals surface area contributed by atoms with E-state index >= 15 is 0 Å². The molecule has 0 saturated heterocycles. The van der Waals surface area contributed by atoms with E-state index in [9.17, 15) is 4.79 Å². The topological polar surface area (TPSA) is 43.1 Å². The van der Waals surface area contributed by atoms with Gasteiger partial charge >= 0.3 is 0 Å². The quantitative estimate of drug-likeness (QED) is 0.545. The van der Waals surface area contributed by atoms with Crippen molar-refractivity contribution >= 4 is 6.29 Å². The fraction of sp³-hybridized carbons (Fsp3) is 0.800. The Morgan fingerprint density at radius 1 is 1.86 bits per heavy atom. The molecule has 0 aromatic heterocycles. The molecule has 0 saturated carbocycles. The van der Waals surface area contributed by atoms with Gasteiger partial charge in [-0.3, -0.25) is 4.79 Å². The number of rotatable bonds is 3. The molecular weight excluding hydrogens is 90.1 g/mol. The lowest BCUT2D eigenvalue weighted by molar-refractivity contribution is 0.526. The van der Waals surface area contributed by atoms with Gasteiger partial charge in [0.05, 0.1) is 0 Å². The summed E-state index contributed by atoms with van der Waals surface area (Å²) in [5.41, 5.74) is 5.18. The molecule has 0 spiro atoms. The lowest BCUT2D eigenvalue weighted by Crippen LogP contribution is -2.10. The monoisotopic (exact) mass is 100 g/mol. The molecule has 2 N–H and O–H groups in total. The van der Waals surface area contributed by atoms with Crippen LogP contribution in [0, 0.1) is 5.92 Å². The predicted molar refractivity (Wildman–Crippen MR) is 28.5 cm³/mol. The normalized spacial score (nSPS) is 13.4. The highest BCUT2D eigenvalue weighted by atomic mass is 16.1. The van der Waals surface area contributed by atoms with Gasteiger partial charge in [0.15, 0.2) is 6.29 Å². The minimum absolute atomic E-state index is 0.303. The maximum Gasteiger partial charge on any atom is 0.198 e. The zero-order chi connectivity index (χ0) is 5.70. The third kappa shape index (κ3) is 3.46. The van der Waals surface area contributed by atoms with Gasteiger partial charge < -0.3 is 5.73 Å². The maximum atomic E-state index is 9.59. The van der Waals surface area contributed by atoms with Crippen molar-refractivity contribution in [3.05, 3.63) is 0 Å². The lowest BCUT2D eigenvalue weighted by atomic mass is 10.1. The van der Waals surface area contributed by atoms with Crippen molar-refractivity contribution in [1.29, 1.82) is 0 Å². The molecule has 41 valence electrons. The Morgan fingerprint density at radius 3 is 2.57 bits per heavy atom. The fourth-order valence-electron chi connectivity index (χ4n) is 0.226. The predicted octanol–water partition coefficient (Wildman–Crippen LogP) is 0.0810. The van der Waals surface area contributed by atoms with E-state index in [1.807, 2.05) is 6.92 Å². The van der Waals surface area contributed by atoms with Crippen LogP contribution in [0.5, 0.6) is 0 Å². The molecule has 0 rings (SSSR count). The SMILES string of the molecule is CC(CN)C[C]=O. The Labute approximate surface area is 43.7 Å². The summed E-state index contributed by atoms with van der Waals surface area (Å²) in [7, 11) is 0.